The molecule has 0 unspecified atom stereocenters. The van der Waals surface area contributed by atoms with Gasteiger partial charge >= 0.3 is 0 Å². The SMILES string of the molecule is Cc1cc(NC(=O)c2nc(C)sc2Nc2cc(C#N)ccn2)ccn1. The van der Waals surface area contributed by atoms with Gasteiger partial charge < -0.3 is 10.6 Å². The number of anilines is 3. The van der Waals surface area contributed by atoms with Crippen molar-refractivity contribution in [1.29, 1.82) is 5.26 Å². The molecule has 0 bridgehead atoms. The molecule has 2 N–H and O–H groups in total. The predicted octanol–water partition coefficient (Wildman–Crippen LogP) is 3.42. The monoisotopic (exact) mass is 350 g/mol. The highest BCUT2D eigenvalue weighted by molar-refractivity contribution is 7.16. The lowest BCUT2D eigenvalue weighted by Gasteiger charge is -2.07. The van der Waals surface area contributed by atoms with Gasteiger partial charge in [0.2, 0.25) is 0 Å². The van der Waals surface area contributed by atoms with Gasteiger partial charge in [-0.3, -0.25) is 9.78 Å². The number of hydrogen-bond acceptors (Lipinski definition) is 7. The highest BCUT2D eigenvalue weighted by atomic mass is 32.1. The van der Waals surface area contributed by atoms with E-state index in [1.54, 1.807) is 30.5 Å². The lowest BCUT2D eigenvalue weighted by atomic mass is 10.3. The maximum atomic E-state index is 12.6. The van der Waals surface area contributed by atoms with Crippen molar-refractivity contribution in [3.63, 3.8) is 0 Å². The van der Waals surface area contributed by atoms with Gasteiger partial charge in [0.1, 0.15) is 10.8 Å². The van der Waals surface area contributed by atoms with Gasteiger partial charge in [0.05, 0.1) is 16.6 Å². The largest absolute Gasteiger partial charge is 0.330 e. The molecule has 1 amide bonds. The van der Waals surface area contributed by atoms with Crippen LogP contribution in [0.5, 0.6) is 0 Å². The van der Waals surface area contributed by atoms with Crippen LogP contribution in [0.25, 0.3) is 0 Å². The number of amides is 1. The maximum absolute atomic E-state index is 12.6. The molecule has 3 heterocycles. The fourth-order valence-corrected chi connectivity index (χ4v) is 2.99. The third-order valence-electron chi connectivity index (χ3n) is 3.23. The van der Waals surface area contributed by atoms with Gasteiger partial charge in [-0.15, -0.1) is 11.3 Å². The summed E-state index contributed by atoms with van der Waals surface area (Å²) in [5, 5.41) is 16.2. The van der Waals surface area contributed by atoms with Gasteiger partial charge in [-0.1, -0.05) is 0 Å². The minimum absolute atomic E-state index is 0.279. The van der Waals surface area contributed by atoms with E-state index in [4.69, 9.17) is 5.26 Å². The second-order valence-corrected chi connectivity index (χ2v) is 6.42. The average molecular weight is 350 g/mol. The summed E-state index contributed by atoms with van der Waals surface area (Å²) in [5.74, 6) is 0.158. The van der Waals surface area contributed by atoms with Crippen LogP contribution in [0, 0.1) is 25.2 Å². The molecule has 0 spiro atoms. The topological polar surface area (TPSA) is 104 Å². The summed E-state index contributed by atoms with van der Waals surface area (Å²) in [7, 11) is 0. The molecule has 0 saturated heterocycles. The first-order chi connectivity index (χ1) is 12.0. The van der Waals surface area contributed by atoms with E-state index in [1.165, 1.54) is 17.5 Å². The number of carbonyl (C=O) groups is 1. The van der Waals surface area contributed by atoms with E-state index in [-0.39, 0.29) is 11.6 Å². The first kappa shape index (κ1) is 16.5. The standard InChI is InChI=1S/C17H14N6OS/c1-10-7-13(4-6-19-10)22-16(24)15-17(25-11(2)21-15)23-14-8-12(9-18)3-5-20-14/h3-8H,1-2H3,(H,20,23)(H,19,22,24). The molecule has 3 rings (SSSR count). The van der Waals surface area contributed by atoms with E-state index in [2.05, 4.69) is 31.7 Å². The summed E-state index contributed by atoms with van der Waals surface area (Å²) in [6.45, 7) is 3.67. The fourth-order valence-electron chi connectivity index (χ4n) is 2.16. The third kappa shape index (κ3) is 3.97. The molecule has 3 aromatic rings. The zero-order chi connectivity index (χ0) is 17.8. The van der Waals surface area contributed by atoms with Gasteiger partial charge in [-0.05, 0) is 38.1 Å². The molecule has 3 aromatic heterocycles. The zero-order valence-corrected chi connectivity index (χ0v) is 14.4. The number of thiazole rings is 1. The Morgan fingerprint density at radius 1 is 1.20 bits per heavy atom. The molecule has 25 heavy (non-hydrogen) atoms. The van der Waals surface area contributed by atoms with Crippen LogP contribution in [0.1, 0.15) is 26.8 Å². The molecule has 0 fully saturated rings. The molecule has 0 aliphatic heterocycles. The second-order valence-electron chi connectivity index (χ2n) is 5.22. The summed E-state index contributed by atoms with van der Waals surface area (Å²) < 4.78 is 0. The molecule has 0 aromatic carbocycles. The van der Waals surface area contributed by atoms with Crippen LogP contribution in [-0.2, 0) is 0 Å². The van der Waals surface area contributed by atoms with Crippen molar-refractivity contribution >= 4 is 33.8 Å². The van der Waals surface area contributed by atoms with E-state index >= 15 is 0 Å². The van der Waals surface area contributed by atoms with Crippen LogP contribution in [0.15, 0.2) is 36.7 Å². The molecule has 0 aliphatic carbocycles. The van der Waals surface area contributed by atoms with E-state index in [0.29, 0.717) is 22.1 Å². The van der Waals surface area contributed by atoms with Gasteiger partial charge in [0, 0.05) is 23.8 Å². The first-order valence-electron chi connectivity index (χ1n) is 7.40. The number of hydrogen-bond donors (Lipinski definition) is 2. The number of nitrogens with one attached hydrogen (secondary N) is 2. The number of nitriles is 1. The molecule has 7 nitrogen and oxygen atoms in total. The van der Waals surface area contributed by atoms with Crippen LogP contribution in [0.3, 0.4) is 0 Å². The highest BCUT2D eigenvalue weighted by Gasteiger charge is 2.18. The van der Waals surface area contributed by atoms with Crippen LogP contribution >= 0.6 is 11.3 Å². The van der Waals surface area contributed by atoms with Crippen molar-refractivity contribution in [1.82, 2.24) is 15.0 Å². The quantitative estimate of drug-likeness (QED) is 0.747. The summed E-state index contributed by atoms with van der Waals surface area (Å²) in [6.07, 6.45) is 3.17. The van der Waals surface area contributed by atoms with Crippen LogP contribution in [0.4, 0.5) is 16.5 Å². The summed E-state index contributed by atoms with van der Waals surface area (Å²) in [4.78, 5) is 25.1. The summed E-state index contributed by atoms with van der Waals surface area (Å²) >= 11 is 1.35. The Bertz CT molecular complexity index is 975. The van der Waals surface area contributed by atoms with Crippen LogP contribution < -0.4 is 10.6 Å². The molecular weight excluding hydrogens is 336 g/mol. The maximum Gasteiger partial charge on any atom is 0.277 e. The van der Waals surface area contributed by atoms with Crippen molar-refractivity contribution in [3.05, 3.63) is 58.6 Å². The minimum Gasteiger partial charge on any atom is -0.330 e. The third-order valence-corrected chi connectivity index (χ3v) is 4.12. The van der Waals surface area contributed by atoms with Crippen molar-refractivity contribution in [2.75, 3.05) is 10.6 Å². The van der Waals surface area contributed by atoms with Crippen molar-refractivity contribution < 1.29 is 4.79 Å². The number of carbonyl (C=O) groups excluding carboxylic acids is 1. The normalized spacial score (nSPS) is 10.1. The van der Waals surface area contributed by atoms with Crippen molar-refractivity contribution in [2.45, 2.75) is 13.8 Å². The molecule has 8 heteroatoms. The minimum atomic E-state index is -0.325. The first-order valence-corrected chi connectivity index (χ1v) is 8.21. The number of nitrogens with zero attached hydrogens (tertiary/aromatic N) is 4. The Balaban J connectivity index is 1.85. The Kier molecular flexibility index (Phi) is 4.68. The molecule has 0 atom stereocenters. The molecule has 0 aliphatic rings. The molecule has 0 radical (unpaired) electrons. The number of rotatable bonds is 4. The summed E-state index contributed by atoms with van der Waals surface area (Å²) in [5.41, 5.74) is 2.22. The van der Waals surface area contributed by atoms with Crippen LogP contribution in [-0.4, -0.2) is 20.9 Å². The number of aryl methyl sites for hydroxylation is 2. The van der Waals surface area contributed by atoms with E-state index in [1.807, 2.05) is 13.8 Å². The Hall–Kier alpha value is -3.31. The van der Waals surface area contributed by atoms with Gasteiger partial charge in [-0.25, -0.2) is 9.97 Å². The van der Waals surface area contributed by atoms with E-state index in [9.17, 15) is 4.79 Å². The Morgan fingerprint density at radius 3 is 2.76 bits per heavy atom. The molecule has 124 valence electrons. The second kappa shape index (κ2) is 7.07. The Labute approximate surface area is 148 Å². The van der Waals surface area contributed by atoms with Crippen molar-refractivity contribution in [2.24, 2.45) is 0 Å². The number of aromatic nitrogens is 3. The van der Waals surface area contributed by atoms with Gasteiger partial charge in [0.15, 0.2) is 5.69 Å². The Morgan fingerprint density at radius 2 is 2.00 bits per heavy atom. The van der Waals surface area contributed by atoms with Crippen LogP contribution in [0.2, 0.25) is 0 Å². The zero-order valence-electron chi connectivity index (χ0n) is 13.6. The van der Waals surface area contributed by atoms with E-state index in [0.717, 1.165) is 10.7 Å². The summed E-state index contributed by atoms with van der Waals surface area (Å²) in [6, 6.07) is 8.78. The smallest absolute Gasteiger partial charge is 0.277 e. The predicted molar refractivity (Wildman–Crippen MR) is 96.0 cm³/mol. The van der Waals surface area contributed by atoms with E-state index < -0.39 is 0 Å². The average Bonchev–Trinajstić information content (AvgIpc) is 2.95. The molecule has 0 saturated carbocycles. The lowest BCUT2D eigenvalue weighted by Crippen LogP contribution is -2.14. The number of pyridine rings is 2. The molecular formula is C17H14N6OS. The lowest BCUT2D eigenvalue weighted by molar-refractivity contribution is 0.102. The fraction of sp³-hybridized carbons (Fsp3) is 0.118. The highest BCUT2D eigenvalue weighted by Crippen LogP contribution is 2.28. The van der Waals surface area contributed by atoms with Gasteiger partial charge in [-0.2, -0.15) is 5.26 Å². The van der Waals surface area contributed by atoms with Gasteiger partial charge in [0.25, 0.3) is 5.91 Å². The van der Waals surface area contributed by atoms with Crippen molar-refractivity contribution in [3.8, 4) is 6.07 Å².